The molecule has 1 aliphatic rings. The Hall–Kier alpha value is -1.73. The first kappa shape index (κ1) is 16.1. The second-order valence-corrected chi connectivity index (χ2v) is 7.99. The van der Waals surface area contributed by atoms with Crippen LogP contribution in [0.25, 0.3) is 0 Å². The number of nitrogens with one attached hydrogen (secondary N) is 2. The zero-order valence-electron chi connectivity index (χ0n) is 13.0. The van der Waals surface area contributed by atoms with E-state index < -0.39 is 10.8 Å². The largest absolute Gasteiger partial charge is 0.328 e. The number of anilines is 1. The zero-order chi connectivity index (χ0) is 16.4. The van der Waals surface area contributed by atoms with Crippen molar-refractivity contribution in [1.29, 1.82) is 0 Å². The summed E-state index contributed by atoms with van der Waals surface area (Å²) in [6, 6.07) is 6.80. The number of rotatable bonds is 5. The highest BCUT2D eigenvalue weighted by atomic mass is 32.2. The summed E-state index contributed by atoms with van der Waals surface area (Å²) in [5, 5.41) is 8.81. The maximum absolute atomic E-state index is 12.3. The molecule has 3 rings (SSSR count). The third kappa shape index (κ3) is 4.17. The van der Waals surface area contributed by atoms with Gasteiger partial charge in [0.1, 0.15) is 5.01 Å². The normalized spacial score (nSPS) is 16.6. The lowest BCUT2D eigenvalue weighted by molar-refractivity contribution is 0.247. The Labute approximate surface area is 142 Å². The molecule has 1 fully saturated rings. The van der Waals surface area contributed by atoms with Gasteiger partial charge in [-0.1, -0.05) is 6.07 Å². The van der Waals surface area contributed by atoms with Gasteiger partial charge in [-0.25, -0.2) is 9.78 Å². The molecule has 0 bridgehead atoms. The van der Waals surface area contributed by atoms with Crippen molar-refractivity contribution in [2.45, 2.75) is 30.7 Å². The maximum atomic E-state index is 12.3. The highest BCUT2D eigenvalue weighted by Crippen LogP contribution is 2.41. The predicted octanol–water partition coefficient (Wildman–Crippen LogP) is 3.46. The fourth-order valence-corrected chi connectivity index (χ4v) is 3.89. The van der Waals surface area contributed by atoms with Gasteiger partial charge in [0.25, 0.3) is 0 Å². The molecule has 1 heterocycles. The van der Waals surface area contributed by atoms with Crippen LogP contribution >= 0.6 is 11.3 Å². The van der Waals surface area contributed by atoms with Crippen LogP contribution in [0.2, 0.25) is 0 Å². The molecule has 0 radical (unpaired) electrons. The molecule has 1 aromatic carbocycles. The van der Waals surface area contributed by atoms with Crippen molar-refractivity contribution < 1.29 is 9.00 Å². The third-order valence-corrected chi connectivity index (χ3v) is 5.67. The summed E-state index contributed by atoms with van der Waals surface area (Å²) in [6.45, 7) is 1.96. The molecule has 5 nitrogen and oxygen atoms in total. The van der Waals surface area contributed by atoms with Crippen molar-refractivity contribution in [3.63, 3.8) is 0 Å². The molecule has 2 atom stereocenters. The van der Waals surface area contributed by atoms with Crippen molar-refractivity contribution in [2.75, 3.05) is 11.6 Å². The number of aromatic nitrogens is 1. The Balaban J connectivity index is 1.68. The minimum Gasteiger partial charge on any atom is -0.328 e. The van der Waals surface area contributed by atoms with Gasteiger partial charge in [-0.15, -0.1) is 11.3 Å². The number of benzene rings is 1. The van der Waals surface area contributed by atoms with Crippen LogP contribution in [-0.2, 0) is 10.8 Å². The number of urea groups is 1. The molecule has 2 amide bonds. The Kier molecular flexibility index (Phi) is 4.77. The van der Waals surface area contributed by atoms with Gasteiger partial charge in [0.15, 0.2) is 0 Å². The Morgan fingerprint density at radius 3 is 2.83 bits per heavy atom. The summed E-state index contributed by atoms with van der Waals surface area (Å²) < 4.78 is 11.5. The molecule has 2 aromatic rings. The van der Waals surface area contributed by atoms with Crippen molar-refractivity contribution in [2.24, 2.45) is 5.92 Å². The van der Waals surface area contributed by atoms with E-state index in [1.807, 2.05) is 12.3 Å². The first-order valence-electron chi connectivity index (χ1n) is 7.46. The highest BCUT2D eigenvalue weighted by molar-refractivity contribution is 7.84. The summed E-state index contributed by atoms with van der Waals surface area (Å²) >= 11 is 1.59. The standard InChI is InChI=1S/C16H19N3O2S2/c1-10-9-22-15(17-10)14(11-6-7-11)19-16(20)18-12-4-3-5-13(8-12)23(2)21/h3-5,8-9,11,14H,6-7H2,1-2H3,(H2,18,19,20)/t14-,23-/m1/s1. The fourth-order valence-electron chi connectivity index (χ4n) is 2.39. The highest BCUT2D eigenvalue weighted by Gasteiger charge is 2.35. The SMILES string of the molecule is Cc1csc([C@H](NC(=O)Nc2cccc([S@@](C)=O)c2)C2CC2)n1. The van der Waals surface area contributed by atoms with E-state index in [4.69, 9.17) is 0 Å². The summed E-state index contributed by atoms with van der Waals surface area (Å²) in [5.74, 6) is 0.473. The monoisotopic (exact) mass is 349 g/mol. The van der Waals surface area contributed by atoms with Crippen molar-refractivity contribution in [3.8, 4) is 0 Å². The van der Waals surface area contributed by atoms with Gasteiger partial charge in [0, 0.05) is 38.7 Å². The van der Waals surface area contributed by atoms with E-state index in [0.29, 0.717) is 16.5 Å². The van der Waals surface area contributed by atoms with Gasteiger partial charge in [-0.2, -0.15) is 0 Å². The second kappa shape index (κ2) is 6.80. The van der Waals surface area contributed by atoms with Gasteiger partial charge >= 0.3 is 6.03 Å². The molecule has 1 aliphatic carbocycles. The average molecular weight is 349 g/mol. The smallest absolute Gasteiger partial charge is 0.319 e. The Morgan fingerprint density at radius 1 is 1.43 bits per heavy atom. The lowest BCUT2D eigenvalue weighted by Crippen LogP contribution is -2.33. The number of hydrogen-bond acceptors (Lipinski definition) is 4. The molecule has 0 aliphatic heterocycles. The van der Waals surface area contributed by atoms with E-state index >= 15 is 0 Å². The van der Waals surface area contributed by atoms with E-state index in [1.165, 1.54) is 0 Å². The summed E-state index contributed by atoms with van der Waals surface area (Å²) in [5.41, 5.74) is 1.62. The quantitative estimate of drug-likeness (QED) is 0.868. The van der Waals surface area contributed by atoms with Gasteiger partial charge in [0.2, 0.25) is 0 Å². The van der Waals surface area contributed by atoms with Crippen molar-refractivity contribution >= 4 is 33.9 Å². The molecule has 0 spiro atoms. The molecule has 0 unspecified atom stereocenters. The van der Waals surface area contributed by atoms with Crippen LogP contribution < -0.4 is 10.6 Å². The molecule has 7 heteroatoms. The van der Waals surface area contributed by atoms with Crippen LogP contribution in [0, 0.1) is 12.8 Å². The molecule has 2 N–H and O–H groups in total. The lowest BCUT2D eigenvalue weighted by Gasteiger charge is -2.16. The first-order valence-corrected chi connectivity index (χ1v) is 9.90. The average Bonchev–Trinajstić information content (AvgIpc) is 3.26. The Bertz CT molecular complexity index is 740. The van der Waals surface area contributed by atoms with Crippen LogP contribution in [0.1, 0.15) is 29.6 Å². The number of carbonyl (C=O) groups is 1. The molecule has 1 aromatic heterocycles. The number of hydrogen-bond donors (Lipinski definition) is 2. The van der Waals surface area contributed by atoms with Crippen LogP contribution in [0.4, 0.5) is 10.5 Å². The molecule has 1 saturated carbocycles. The summed E-state index contributed by atoms with van der Waals surface area (Å²) in [6.07, 6.45) is 3.86. The summed E-state index contributed by atoms with van der Waals surface area (Å²) in [7, 11) is -1.07. The van der Waals surface area contributed by atoms with E-state index in [2.05, 4.69) is 15.6 Å². The zero-order valence-corrected chi connectivity index (χ0v) is 14.7. The maximum Gasteiger partial charge on any atom is 0.319 e. The number of carbonyl (C=O) groups excluding carboxylic acids is 1. The van der Waals surface area contributed by atoms with Gasteiger partial charge in [-0.3, -0.25) is 4.21 Å². The van der Waals surface area contributed by atoms with Crippen LogP contribution in [-0.4, -0.2) is 21.5 Å². The van der Waals surface area contributed by atoms with Gasteiger partial charge in [0.05, 0.1) is 6.04 Å². The molecular formula is C16H19N3O2S2. The minimum absolute atomic E-state index is 0.0304. The number of thiazole rings is 1. The lowest BCUT2D eigenvalue weighted by atomic mass is 10.2. The summed E-state index contributed by atoms with van der Waals surface area (Å²) in [4.78, 5) is 17.5. The number of amides is 2. The van der Waals surface area contributed by atoms with E-state index in [1.54, 1.807) is 41.9 Å². The fraction of sp³-hybridized carbons (Fsp3) is 0.375. The van der Waals surface area contributed by atoms with Gasteiger partial charge < -0.3 is 10.6 Å². The molecule has 122 valence electrons. The van der Waals surface area contributed by atoms with Gasteiger partial charge in [-0.05, 0) is 43.9 Å². The predicted molar refractivity (Wildman–Crippen MR) is 93.2 cm³/mol. The van der Waals surface area contributed by atoms with E-state index in [-0.39, 0.29) is 12.1 Å². The van der Waals surface area contributed by atoms with Crippen LogP contribution in [0.3, 0.4) is 0 Å². The molecule has 0 saturated heterocycles. The van der Waals surface area contributed by atoms with Crippen LogP contribution in [0.15, 0.2) is 34.5 Å². The third-order valence-electron chi connectivity index (χ3n) is 3.71. The number of aryl methyl sites for hydroxylation is 1. The van der Waals surface area contributed by atoms with Crippen molar-refractivity contribution in [1.82, 2.24) is 10.3 Å². The first-order chi connectivity index (χ1) is 11.0. The second-order valence-electron chi connectivity index (χ2n) is 5.72. The topological polar surface area (TPSA) is 71.1 Å². The molecule has 23 heavy (non-hydrogen) atoms. The number of nitrogens with zero attached hydrogens (tertiary/aromatic N) is 1. The Morgan fingerprint density at radius 2 is 2.22 bits per heavy atom. The van der Waals surface area contributed by atoms with E-state index in [9.17, 15) is 9.00 Å². The van der Waals surface area contributed by atoms with Crippen LogP contribution in [0.5, 0.6) is 0 Å². The minimum atomic E-state index is -1.07. The van der Waals surface area contributed by atoms with E-state index in [0.717, 1.165) is 23.5 Å². The van der Waals surface area contributed by atoms with Crippen molar-refractivity contribution in [3.05, 3.63) is 40.3 Å². The molecular weight excluding hydrogens is 330 g/mol.